The van der Waals surface area contributed by atoms with E-state index in [1.54, 1.807) is 0 Å². The zero-order valence-electron chi connectivity index (χ0n) is 14.6. The van der Waals surface area contributed by atoms with Crippen LogP contribution in [0.2, 0.25) is 0 Å². The van der Waals surface area contributed by atoms with Gasteiger partial charge < -0.3 is 15.0 Å². The Kier molecular flexibility index (Phi) is 5.21. The molecule has 2 unspecified atom stereocenters. The number of aryl methyl sites for hydroxylation is 1. The summed E-state index contributed by atoms with van der Waals surface area (Å²) >= 11 is 0. The molecule has 4 nitrogen and oxygen atoms in total. The molecule has 2 saturated carbocycles. The summed E-state index contributed by atoms with van der Waals surface area (Å²) in [6.07, 6.45) is 3.89. The van der Waals surface area contributed by atoms with Crippen molar-refractivity contribution in [3.8, 4) is 0 Å². The van der Waals surface area contributed by atoms with Gasteiger partial charge in [-0.2, -0.15) is 0 Å². The third-order valence-electron chi connectivity index (χ3n) is 4.89. The van der Waals surface area contributed by atoms with Crippen molar-refractivity contribution < 1.29 is 4.74 Å². The topological polar surface area (TPSA) is 36.9 Å². The maximum absolute atomic E-state index is 5.73. The fraction of sp³-hybridized carbons (Fsp3) is 0.632. The molecule has 0 amide bonds. The molecule has 0 bridgehead atoms. The first-order valence-electron chi connectivity index (χ1n) is 8.76. The Bertz CT molecular complexity index is 553. The van der Waals surface area contributed by atoms with E-state index in [2.05, 4.69) is 53.4 Å². The van der Waals surface area contributed by atoms with Crippen LogP contribution in [0.4, 0.5) is 0 Å². The lowest BCUT2D eigenvalue weighted by atomic mass is 10.0. The van der Waals surface area contributed by atoms with Crippen LogP contribution in [0, 0.1) is 12.8 Å². The predicted molar refractivity (Wildman–Crippen MR) is 95.0 cm³/mol. The van der Waals surface area contributed by atoms with Crippen molar-refractivity contribution in [3.63, 3.8) is 0 Å². The highest BCUT2D eigenvalue weighted by molar-refractivity contribution is 5.80. The van der Waals surface area contributed by atoms with Gasteiger partial charge in [0.2, 0.25) is 0 Å². The molecule has 0 radical (unpaired) electrons. The summed E-state index contributed by atoms with van der Waals surface area (Å²) in [6, 6.07) is 9.20. The Morgan fingerprint density at radius 3 is 2.83 bits per heavy atom. The zero-order valence-corrected chi connectivity index (χ0v) is 14.6. The summed E-state index contributed by atoms with van der Waals surface area (Å²) in [7, 11) is 3.94. The van der Waals surface area contributed by atoms with Crippen LogP contribution in [-0.2, 0) is 4.74 Å². The number of hydrogen-bond acceptors (Lipinski definition) is 2. The van der Waals surface area contributed by atoms with Gasteiger partial charge >= 0.3 is 0 Å². The van der Waals surface area contributed by atoms with Crippen molar-refractivity contribution in [2.24, 2.45) is 10.9 Å². The minimum Gasteiger partial charge on any atom is -0.379 e. The maximum Gasteiger partial charge on any atom is 0.193 e. The first-order chi connectivity index (χ1) is 11.2. The van der Waals surface area contributed by atoms with E-state index in [-0.39, 0.29) is 0 Å². The molecule has 1 aromatic carbocycles. The number of nitrogens with one attached hydrogen (secondary N) is 1. The highest BCUT2D eigenvalue weighted by atomic mass is 16.5. The molecule has 2 aliphatic rings. The van der Waals surface area contributed by atoms with Crippen LogP contribution in [0.5, 0.6) is 0 Å². The molecule has 0 spiro atoms. The molecule has 1 N–H and O–H groups in total. The Balaban J connectivity index is 1.43. The molecule has 0 aromatic heterocycles. The van der Waals surface area contributed by atoms with Crippen molar-refractivity contribution in [1.82, 2.24) is 10.2 Å². The Morgan fingerprint density at radius 2 is 2.13 bits per heavy atom. The first kappa shape index (κ1) is 16.3. The third-order valence-corrected chi connectivity index (χ3v) is 4.89. The number of likely N-dealkylation sites (N-methyl/N-ethyl adjacent to an activating group) is 1. The van der Waals surface area contributed by atoms with E-state index in [0.717, 1.165) is 31.6 Å². The molecular formula is C19H29N3O. The van der Waals surface area contributed by atoms with Crippen molar-refractivity contribution in [1.29, 1.82) is 0 Å². The third kappa shape index (κ3) is 4.47. The van der Waals surface area contributed by atoms with E-state index >= 15 is 0 Å². The van der Waals surface area contributed by atoms with Crippen LogP contribution in [0.1, 0.15) is 36.3 Å². The molecule has 4 heteroatoms. The Hall–Kier alpha value is -1.55. The lowest BCUT2D eigenvalue weighted by molar-refractivity contribution is 0.115. The average molecular weight is 315 g/mol. The molecule has 2 atom stereocenters. The van der Waals surface area contributed by atoms with Crippen LogP contribution in [0.3, 0.4) is 0 Å². The fourth-order valence-electron chi connectivity index (χ4n) is 3.05. The molecule has 2 fully saturated rings. The average Bonchev–Trinajstić information content (AvgIpc) is 3.45. The van der Waals surface area contributed by atoms with Gasteiger partial charge in [-0.25, -0.2) is 0 Å². The summed E-state index contributed by atoms with van der Waals surface area (Å²) in [5, 5.41) is 3.60. The molecule has 23 heavy (non-hydrogen) atoms. The van der Waals surface area contributed by atoms with Crippen molar-refractivity contribution in [2.75, 3.05) is 33.9 Å². The summed E-state index contributed by atoms with van der Waals surface area (Å²) in [5.41, 5.74) is 2.86. The van der Waals surface area contributed by atoms with E-state index in [0.29, 0.717) is 12.0 Å². The van der Waals surface area contributed by atoms with Crippen LogP contribution in [0.25, 0.3) is 0 Å². The van der Waals surface area contributed by atoms with Crippen LogP contribution >= 0.6 is 0 Å². The second-order valence-corrected chi connectivity index (χ2v) is 6.94. The second-order valence-electron chi connectivity index (χ2n) is 6.94. The van der Waals surface area contributed by atoms with Crippen LogP contribution in [0.15, 0.2) is 29.3 Å². The summed E-state index contributed by atoms with van der Waals surface area (Å²) in [6.45, 7) is 4.79. The molecular weight excluding hydrogens is 286 g/mol. The van der Waals surface area contributed by atoms with Gasteiger partial charge in [0, 0.05) is 39.2 Å². The first-order valence-corrected chi connectivity index (χ1v) is 8.76. The monoisotopic (exact) mass is 315 g/mol. The highest BCUT2D eigenvalue weighted by Gasteiger charge is 2.40. The van der Waals surface area contributed by atoms with E-state index in [1.807, 2.05) is 7.05 Å². The molecule has 3 rings (SSSR count). The van der Waals surface area contributed by atoms with E-state index < -0.39 is 0 Å². The van der Waals surface area contributed by atoms with Gasteiger partial charge in [0.1, 0.15) is 0 Å². The van der Waals surface area contributed by atoms with E-state index in [9.17, 15) is 0 Å². The molecule has 0 heterocycles. The molecule has 126 valence electrons. The maximum atomic E-state index is 5.73. The number of guanidine groups is 1. The van der Waals surface area contributed by atoms with Gasteiger partial charge in [-0.3, -0.25) is 4.99 Å². The van der Waals surface area contributed by atoms with Crippen LogP contribution in [-0.4, -0.2) is 50.8 Å². The number of aliphatic imine (C=N–C) groups is 1. The summed E-state index contributed by atoms with van der Waals surface area (Å²) in [5.74, 6) is 2.42. The van der Waals surface area contributed by atoms with Gasteiger partial charge in [0.25, 0.3) is 0 Å². The molecule has 0 aliphatic heterocycles. The molecule has 0 saturated heterocycles. The normalized spacial score (nSPS) is 23.7. The number of rotatable bonds is 7. The smallest absolute Gasteiger partial charge is 0.193 e. The lowest BCUT2D eigenvalue weighted by Crippen LogP contribution is -2.42. The minimum absolute atomic E-state index is 0.504. The van der Waals surface area contributed by atoms with Crippen molar-refractivity contribution in [3.05, 3.63) is 35.4 Å². The van der Waals surface area contributed by atoms with E-state index in [4.69, 9.17) is 4.74 Å². The summed E-state index contributed by atoms with van der Waals surface area (Å²) < 4.78 is 5.73. The SMILES string of the molecule is CN=C(NC1CC1c1ccccc1C)N(C)CCOCC1CC1. The highest BCUT2D eigenvalue weighted by Crippen LogP contribution is 2.42. The lowest BCUT2D eigenvalue weighted by Gasteiger charge is -2.22. The standard InChI is InChI=1S/C19H29N3O/c1-14-6-4-5-7-16(14)17-12-18(17)21-19(20-2)22(3)10-11-23-13-15-8-9-15/h4-7,15,17-18H,8-13H2,1-3H3,(H,20,21). The largest absolute Gasteiger partial charge is 0.379 e. The van der Waals surface area contributed by atoms with Gasteiger partial charge in [0.05, 0.1) is 6.61 Å². The Labute approximate surface area is 139 Å². The van der Waals surface area contributed by atoms with Crippen molar-refractivity contribution in [2.45, 2.75) is 38.1 Å². The van der Waals surface area contributed by atoms with Gasteiger partial charge in [-0.1, -0.05) is 24.3 Å². The molecule has 1 aromatic rings. The zero-order chi connectivity index (χ0) is 16.2. The van der Waals surface area contributed by atoms with Crippen LogP contribution < -0.4 is 5.32 Å². The van der Waals surface area contributed by atoms with Gasteiger partial charge in [-0.15, -0.1) is 0 Å². The Morgan fingerprint density at radius 1 is 1.35 bits per heavy atom. The van der Waals surface area contributed by atoms with E-state index in [1.165, 1.54) is 30.4 Å². The number of ether oxygens (including phenoxy) is 1. The number of nitrogens with zero attached hydrogens (tertiary/aromatic N) is 2. The minimum atomic E-state index is 0.504. The second kappa shape index (κ2) is 7.35. The van der Waals surface area contributed by atoms with Gasteiger partial charge in [0.15, 0.2) is 5.96 Å². The number of benzene rings is 1. The predicted octanol–water partition coefficient (Wildman–Crippen LogP) is 2.78. The molecule has 2 aliphatic carbocycles. The van der Waals surface area contributed by atoms with Crippen molar-refractivity contribution >= 4 is 5.96 Å². The summed E-state index contributed by atoms with van der Waals surface area (Å²) in [4.78, 5) is 6.59. The van der Waals surface area contributed by atoms with Gasteiger partial charge in [-0.05, 0) is 43.2 Å². The number of hydrogen-bond donors (Lipinski definition) is 1. The fourth-order valence-corrected chi connectivity index (χ4v) is 3.05. The quantitative estimate of drug-likeness (QED) is 0.477.